The van der Waals surface area contributed by atoms with Crippen molar-refractivity contribution >= 4 is 12.6 Å². The van der Waals surface area contributed by atoms with Crippen LogP contribution in [0, 0.1) is 6.92 Å². The molecule has 3 aromatic carbocycles. The van der Waals surface area contributed by atoms with Gasteiger partial charge in [-0.1, -0.05) is 42.0 Å². The summed E-state index contributed by atoms with van der Waals surface area (Å²) in [5, 5.41) is 0. The second-order valence-electron chi connectivity index (χ2n) is 7.98. The van der Waals surface area contributed by atoms with Gasteiger partial charge in [-0.05, 0) is 61.1 Å². The molecule has 0 saturated heterocycles. The van der Waals surface area contributed by atoms with E-state index in [4.69, 9.17) is 9.31 Å². The first kappa shape index (κ1) is 23.2. The van der Waals surface area contributed by atoms with Crippen LogP contribution in [0.25, 0.3) is 0 Å². The molecule has 2 nitrogen and oxygen atoms in total. The van der Waals surface area contributed by atoms with E-state index >= 15 is 0 Å². The topological polar surface area (TPSA) is 18.5 Å². The lowest BCUT2D eigenvalue weighted by atomic mass is 9.75. The van der Waals surface area contributed by atoms with Crippen LogP contribution >= 0.6 is 0 Å². The van der Waals surface area contributed by atoms with E-state index in [-0.39, 0.29) is 11.5 Å². The highest BCUT2D eigenvalue weighted by molar-refractivity contribution is 6.62. The lowest BCUT2D eigenvalue weighted by Gasteiger charge is -2.32. The summed E-state index contributed by atoms with van der Waals surface area (Å²) in [6, 6.07) is 16.2. The molecule has 1 heterocycles. The Labute approximate surface area is 187 Å². The van der Waals surface area contributed by atoms with Crippen LogP contribution in [0.3, 0.4) is 0 Å². The van der Waals surface area contributed by atoms with E-state index in [1.165, 1.54) is 0 Å². The van der Waals surface area contributed by atoms with Crippen LogP contribution in [0.4, 0.5) is 26.3 Å². The Morgan fingerprint density at radius 3 is 2.06 bits per heavy atom. The van der Waals surface area contributed by atoms with E-state index in [2.05, 4.69) is 0 Å². The van der Waals surface area contributed by atoms with Gasteiger partial charge >= 0.3 is 19.5 Å². The van der Waals surface area contributed by atoms with E-state index < -0.39 is 36.7 Å². The van der Waals surface area contributed by atoms with Crippen LogP contribution in [0.5, 0.6) is 5.75 Å². The molecule has 1 atom stereocenters. The largest absolute Gasteiger partial charge is 0.563 e. The van der Waals surface area contributed by atoms with E-state index in [1.54, 1.807) is 12.1 Å². The molecule has 0 spiro atoms. The zero-order valence-corrected chi connectivity index (χ0v) is 17.5. The van der Waals surface area contributed by atoms with Crippen molar-refractivity contribution in [3.05, 3.63) is 94.5 Å². The third-order valence-corrected chi connectivity index (χ3v) is 5.45. The molecule has 1 aliphatic heterocycles. The molecule has 33 heavy (non-hydrogen) atoms. The van der Waals surface area contributed by atoms with Crippen molar-refractivity contribution < 1.29 is 35.7 Å². The molecule has 0 bridgehead atoms. The van der Waals surface area contributed by atoms with Crippen molar-refractivity contribution in [2.24, 2.45) is 0 Å². The summed E-state index contributed by atoms with van der Waals surface area (Å²) in [6.07, 6.45) is -9.38. The average molecular weight is 464 g/mol. The molecular formula is C24H19BF6O2. The van der Waals surface area contributed by atoms with Crippen LogP contribution in [0.15, 0.2) is 66.7 Å². The Morgan fingerprint density at radius 2 is 1.45 bits per heavy atom. The summed E-state index contributed by atoms with van der Waals surface area (Å²) < 4.78 is 91.6. The zero-order chi connectivity index (χ0) is 23.8. The van der Waals surface area contributed by atoms with Gasteiger partial charge in [0.15, 0.2) is 0 Å². The fourth-order valence-electron chi connectivity index (χ4n) is 3.82. The summed E-state index contributed by atoms with van der Waals surface area (Å²) in [7, 11) is -1.41. The molecule has 172 valence electrons. The van der Waals surface area contributed by atoms with E-state index in [0.29, 0.717) is 36.3 Å². The van der Waals surface area contributed by atoms with Gasteiger partial charge in [0, 0.05) is 5.56 Å². The molecule has 0 fully saturated rings. The molecule has 0 saturated carbocycles. The molecular weight excluding hydrogens is 445 g/mol. The Bertz CT molecular complexity index is 1100. The SMILES string of the molecule is Cc1ccc2c(c1)C(CCc1ccccc1)OB(c1cc(C(F)(F)F)cc(C(F)(F)F)c1)O2. The Balaban J connectivity index is 1.70. The second kappa shape index (κ2) is 8.78. The van der Waals surface area contributed by atoms with Crippen molar-refractivity contribution in [3.63, 3.8) is 0 Å². The van der Waals surface area contributed by atoms with Gasteiger partial charge in [-0.25, -0.2) is 0 Å². The van der Waals surface area contributed by atoms with Crippen molar-refractivity contribution in [1.82, 2.24) is 0 Å². The molecule has 3 aromatic rings. The van der Waals surface area contributed by atoms with Crippen LogP contribution in [-0.2, 0) is 23.4 Å². The first-order valence-corrected chi connectivity index (χ1v) is 10.3. The lowest BCUT2D eigenvalue weighted by Crippen LogP contribution is -2.44. The van der Waals surface area contributed by atoms with E-state index in [1.807, 2.05) is 43.3 Å². The monoisotopic (exact) mass is 464 g/mol. The summed E-state index contributed by atoms with van der Waals surface area (Å²) in [6.45, 7) is 1.88. The van der Waals surface area contributed by atoms with E-state index in [0.717, 1.165) is 11.1 Å². The van der Waals surface area contributed by atoms with Gasteiger partial charge in [0.2, 0.25) is 0 Å². The Morgan fingerprint density at radius 1 is 0.818 bits per heavy atom. The fourth-order valence-corrected chi connectivity index (χ4v) is 3.82. The van der Waals surface area contributed by atoms with Gasteiger partial charge in [-0.15, -0.1) is 0 Å². The third kappa shape index (κ3) is 5.35. The first-order valence-electron chi connectivity index (χ1n) is 10.3. The van der Waals surface area contributed by atoms with Crippen molar-refractivity contribution in [2.75, 3.05) is 0 Å². The Hall–Kier alpha value is -2.94. The predicted octanol–water partition coefficient (Wildman–Crippen LogP) is 6.51. The highest BCUT2D eigenvalue weighted by atomic mass is 19.4. The molecule has 9 heteroatoms. The molecule has 1 aliphatic rings. The molecule has 0 aliphatic carbocycles. The average Bonchev–Trinajstić information content (AvgIpc) is 2.76. The van der Waals surface area contributed by atoms with Crippen LogP contribution < -0.4 is 10.1 Å². The van der Waals surface area contributed by atoms with Crippen LogP contribution in [0.2, 0.25) is 0 Å². The minimum absolute atomic E-state index is 0.0938. The van der Waals surface area contributed by atoms with Gasteiger partial charge in [0.05, 0.1) is 17.2 Å². The first-order chi connectivity index (χ1) is 15.5. The summed E-state index contributed by atoms with van der Waals surface area (Å²) in [5.74, 6) is 0.376. The smallest absolute Gasteiger partial charge is 0.532 e. The molecule has 1 unspecified atom stereocenters. The number of halogens is 6. The van der Waals surface area contributed by atoms with Gasteiger partial charge in [-0.3, -0.25) is 0 Å². The maximum absolute atomic E-state index is 13.3. The number of hydrogen-bond acceptors (Lipinski definition) is 2. The molecule has 0 radical (unpaired) electrons. The maximum Gasteiger partial charge on any atom is 0.563 e. The highest BCUT2D eigenvalue weighted by Gasteiger charge is 2.41. The minimum Gasteiger partial charge on any atom is -0.532 e. The highest BCUT2D eigenvalue weighted by Crippen LogP contribution is 2.38. The Kier molecular flexibility index (Phi) is 6.18. The third-order valence-electron chi connectivity index (χ3n) is 5.45. The fraction of sp³-hybridized carbons (Fsp3) is 0.250. The quantitative estimate of drug-likeness (QED) is 0.324. The minimum atomic E-state index is -4.95. The summed E-state index contributed by atoms with van der Waals surface area (Å²) in [4.78, 5) is 0. The van der Waals surface area contributed by atoms with Crippen molar-refractivity contribution in [1.29, 1.82) is 0 Å². The lowest BCUT2D eigenvalue weighted by molar-refractivity contribution is -0.142. The van der Waals surface area contributed by atoms with E-state index in [9.17, 15) is 26.3 Å². The normalized spacial score (nSPS) is 16.3. The molecule has 0 amide bonds. The van der Waals surface area contributed by atoms with Gasteiger partial charge < -0.3 is 9.31 Å². The van der Waals surface area contributed by atoms with Crippen LogP contribution in [0.1, 0.15) is 40.3 Å². The second-order valence-corrected chi connectivity index (χ2v) is 7.98. The number of rotatable bonds is 4. The summed E-state index contributed by atoms with van der Waals surface area (Å²) in [5.41, 5.74) is -0.470. The number of hydrogen-bond donors (Lipinski definition) is 0. The number of benzene rings is 3. The number of fused-ring (bicyclic) bond motifs is 1. The predicted molar refractivity (Wildman–Crippen MR) is 112 cm³/mol. The zero-order valence-electron chi connectivity index (χ0n) is 17.5. The number of alkyl halides is 6. The van der Waals surface area contributed by atoms with Crippen molar-refractivity contribution in [3.8, 4) is 5.75 Å². The molecule has 0 N–H and O–H groups in total. The molecule has 4 rings (SSSR count). The maximum atomic E-state index is 13.3. The van der Waals surface area contributed by atoms with Crippen molar-refractivity contribution in [2.45, 2.75) is 38.2 Å². The van der Waals surface area contributed by atoms with Crippen LogP contribution in [-0.4, -0.2) is 7.12 Å². The van der Waals surface area contributed by atoms with Gasteiger partial charge in [-0.2, -0.15) is 26.3 Å². The summed E-state index contributed by atoms with van der Waals surface area (Å²) >= 11 is 0. The van der Waals surface area contributed by atoms with Gasteiger partial charge in [0.1, 0.15) is 5.75 Å². The number of aryl methyl sites for hydroxylation is 2. The molecule has 0 aromatic heterocycles. The van der Waals surface area contributed by atoms with Gasteiger partial charge in [0.25, 0.3) is 0 Å². The standard InChI is InChI=1S/C24H19BF6O2/c1-15-7-9-21-20(11-15)22(10-8-16-5-3-2-4-6-16)33-25(32-21)19-13-17(23(26,27)28)12-18(14-19)24(29,30)31/h2-7,9,11-14,22H,8,10H2,1H3.